The van der Waals surface area contributed by atoms with E-state index in [0.717, 1.165) is 19.6 Å². The normalized spacial score (nSPS) is 29.2. The first-order chi connectivity index (χ1) is 9.93. The molecule has 3 rings (SSSR count). The van der Waals surface area contributed by atoms with Gasteiger partial charge in [-0.3, -0.25) is 4.90 Å². The van der Waals surface area contributed by atoms with E-state index < -0.39 is 9.84 Å². The van der Waals surface area contributed by atoms with Crippen molar-refractivity contribution >= 4 is 9.84 Å². The molecule has 0 aromatic heterocycles. The van der Waals surface area contributed by atoms with Crippen LogP contribution in [0.25, 0.3) is 0 Å². The Kier molecular flexibility index (Phi) is 4.37. The molecule has 0 radical (unpaired) electrons. The third-order valence-electron chi connectivity index (χ3n) is 6.03. The van der Waals surface area contributed by atoms with Crippen molar-refractivity contribution in [1.82, 2.24) is 10.2 Å². The number of hydrogen-bond acceptors (Lipinski definition) is 4. The maximum atomic E-state index is 11.6. The topological polar surface area (TPSA) is 49.4 Å². The minimum atomic E-state index is -2.87. The highest BCUT2D eigenvalue weighted by molar-refractivity contribution is 7.90. The lowest BCUT2D eigenvalue weighted by Gasteiger charge is -2.55. The summed E-state index contributed by atoms with van der Waals surface area (Å²) in [5.41, 5.74) is 0.511. The Bertz CT molecular complexity index is 463. The first-order valence-corrected chi connectivity index (χ1v) is 10.7. The fraction of sp³-hybridized carbons (Fsp3) is 1.00. The SMILES string of the molecule is CS(=O)(=O)CCN1CC2(CCCCC2)NCC12CCCC2. The van der Waals surface area contributed by atoms with Gasteiger partial charge in [0.2, 0.25) is 0 Å². The van der Waals surface area contributed by atoms with Gasteiger partial charge in [0.25, 0.3) is 0 Å². The smallest absolute Gasteiger partial charge is 0.148 e. The third kappa shape index (κ3) is 3.45. The van der Waals surface area contributed by atoms with Gasteiger partial charge in [-0.25, -0.2) is 8.42 Å². The third-order valence-corrected chi connectivity index (χ3v) is 6.96. The van der Waals surface area contributed by atoms with Gasteiger partial charge < -0.3 is 5.32 Å². The standard InChI is InChI=1S/C16H30N2O2S/c1-21(19,20)12-11-18-14-15(7-3-2-4-8-15)17-13-16(18)9-5-6-10-16/h17H,2-14H2,1H3. The highest BCUT2D eigenvalue weighted by atomic mass is 32.2. The van der Waals surface area contributed by atoms with E-state index in [1.807, 2.05) is 0 Å². The average Bonchev–Trinajstić information content (AvgIpc) is 2.90. The molecule has 2 spiro atoms. The van der Waals surface area contributed by atoms with Gasteiger partial charge in [0, 0.05) is 37.0 Å². The molecule has 0 bridgehead atoms. The van der Waals surface area contributed by atoms with Gasteiger partial charge in [-0.05, 0) is 25.7 Å². The summed E-state index contributed by atoms with van der Waals surface area (Å²) in [5.74, 6) is 0.310. The Morgan fingerprint density at radius 2 is 1.62 bits per heavy atom. The first-order valence-electron chi connectivity index (χ1n) is 8.61. The van der Waals surface area contributed by atoms with Crippen molar-refractivity contribution in [2.24, 2.45) is 0 Å². The van der Waals surface area contributed by atoms with Crippen LogP contribution in [-0.2, 0) is 9.84 Å². The van der Waals surface area contributed by atoms with Crippen LogP contribution in [-0.4, -0.2) is 56.0 Å². The number of sulfone groups is 1. The largest absolute Gasteiger partial charge is 0.308 e. The Labute approximate surface area is 129 Å². The van der Waals surface area contributed by atoms with Crippen LogP contribution in [0, 0.1) is 0 Å². The van der Waals surface area contributed by atoms with Crippen LogP contribution >= 0.6 is 0 Å². The van der Waals surface area contributed by atoms with E-state index in [1.54, 1.807) is 0 Å². The van der Waals surface area contributed by atoms with Gasteiger partial charge in [0.05, 0.1) is 5.75 Å². The molecule has 3 fully saturated rings. The first kappa shape index (κ1) is 15.8. The zero-order valence-corrected chi connectivity index (χ0v) is 14.2. The molecule has 1 N–H and O–H groups in total. The maximum absolute atomic E-state index is 11.6. The lowest BCUT2D eigenvalue weighted by Crippen LogP contribution is -2.70. The number of hydrogen-bond donors (Lipinski definition) is 1. The molecule has 4 nitrogen and oxygen atoms in total. The summed E-state index contributed by atoms with van der Waals surface area (Å²) in [6.45, 7) is 2.85. The van der Waals surface area contributed by atoms with Gasteiger partial charge in [-0.2, -0.15) is 0 Å². The summed E-state index contributed by atoms with van der Waals surface area (Å²) in [4.78, 5) is 2.56. The number of nitrogens with one attached hydrogen (secondary N) is 1. The lowest BCUT2D eigenvalue weighted by molar-refractivity contribution is -0.00155. The summed E-state index contributed by atoms with van der Waals surface area (Å²) in [5, 5.41) is 3.90. The zero-order valence-electron chi connectivity index (χ0n) is 13.4. The van der Waals surface area contributed by atoms with Crippen molar-refractivity contribution in [2.45, 2.75) is 68.9 Å². The molecule has 0 amide bonds. The molecular weight excluding hydrogens is 284 g/mol. The summed E-state index contributed by atoms with van der Waals surface area (Å²) in [7, 11) is -2.87. The van der Waals surface area contributed by atoms with Crippen LogP contribution in [0.3, 0.4) is 0 Å². The van der Waals surface area contributed by atoms with E-state index in [2.05, 4.69) is 10.2 Å². The quantitative estimate of drug-likeness (QED) is 0.865. The highest BCUT2D eigenvalue weighted by Crippen LogP contribution is 2.41. The Balaban J connectivity index is 1.75. The van der Waals surface area contributed by atoms with Crippen molar-refractivity contribution in [3.05, 3.63) is 0 Å². The number of nitrogens with zero attached hydrogens (tertiary/aromatic N) is 1. The molecule has 0 unspecified atom stereocenters. The van der Waals surface area contributed by atoms with Gasteiger partial charge in [0.15, 0.2) is 0 Å². The van der Waals surface area contributed by atoms with Crippen LogP contribution < -0.4 is 5.32 Å². The minimum absolute atomic E-state index is 0.243. The number of rotatable bonds is 3. The second-order valence-electron chi connectivity index (χ2n) is 7.68. The van der Waals surface area contributed by atoms with E-state index >= 15 is 0 Å². The molecule has 0 aromatic carbocycles. The maximum Gasteiger partial charge on any atom is 0.148 e. The Morgan fingerprint density at radius 3 is 2.24 bits per heavy atom. The summed E-state index contributed by atoms with van der Waals surface area (Å²) < 4.78 is 23.2. The molecule has 5 heteroatoms. The molecular formula is C16H30N2O2S. The van der Waals surface area contributed by atoms with Gasteiger partial charge in [0.1, 0.15) is 9.84 Å². The van der Waals surface area contributed by atoms with Gasteiger partial charge >= 0.3 is 0 Å². The van der Waals surface area contributed by atoms with Crippen molar-refractivity contribution in [3.8, 4) is 0 Å². The predicted octanol–water partition coefficient (Wildman–Crippen LogP) is 1.95. The Hall–Kier alpha value is -0.130. The van der Waals surface area contributed by atoms with Crippen LogP contribution in [0.1, 0.15) is 57.8 Å². The van der Waals surface area contributed by atoms with Crippen molar-refractivity contribution in [2.75, 3.05) is 31.6 Å². The molecule has 0 aromatic rings. The summed E-state index contributed by atoms with van der Waals surface area (Å²) in [6.07, 6.45) is 13.0. The average molecular weight is 314 g/mol. The van der Waals surface area contributed by atoms with Crippen molar-refractivity contribution in [3.63, 3.8) is 0 Å². The van der Waals surface area contributed by atoms with Crippen LogP contribution in [0.4, 0.5) is 0 Å². The molecule has 122 valence electrons. The highest BCUT2D eigenvalue weighted by Gasteiger charge is 2.48. The fourth-order valence-electron chi connectivity index (χ4n) is 4.73. The van der Waals surface area contributed by atoms with Gasteiger partial charge in [-0.15, -0.1) is 0 Å². The molecule has 1 saturated heterocycles. The minimum Gasteiger partial charge on any atom is -0.308 e. The van der Waals surface area contributed by atoms with E-state index in [4.69, 9.17) is 0 Å². The van der Waals surface area contributed by atoms with Crippen LogP contribution in [0.5, 0.6) is 0 Å². The van der Waals surface area contributed by atoms with E-state index in [0.29, 0.717) is 5.75 Å². The zero-order chi connectivity index (χ0) is 15.0. The van der Waals surface area contributed by atoms with E-state index in [9.17, 15) is 8.42 Å². The second kappa shape index (κ2) is 5.82. The molecule has 1 heterocycles. The van der Waals surface area contributed by atoms with E-state index in [-0.39, 0.29) is 11.1 Å². The molecule has 21 heavy (non-hydrogen) atoms. The fourth-order valence-corrected chi connectivity index (χ4v) is 5.29. The van der Waals surface area contributed by atoms with Crippen molar-refractivity contribution in [1.29, 1.82) is 0 Å². The monoisotopic (exact) mass is 314 g/mol. The van der Waals surface area contributed by atoms with Crippen LogP contribution in [0.15, 0.2) is 0 Å². The molecule has 0 atom stereocenters. The Morgan fingerprint density at radius 1 is 1.00 bits per heavy atom. The van der Waals surface area contributed by atoms with Crippen LogP contribution in [0.2, 0.25) is 0 Å². The van der Waals surface area contributed by atoms with Crippen molar-refractivity contribution < 1.29 is 8.42 Å². The summed E-state index contributed by atoms with van der Waals surface area (Å²) in [6, 6.07) is 0. The van der Waals surface area contributed by atoms with Gasteiger partial charge in [-0.1, -0.05) is 32.1 Å². The lowest BCUT2D eigenvalue weighted by atomic mass is 9.76. The molecule has 3 aliphatic rings. The molecule has 1 aliphatic heterocycles. The second-order valence-corrected chi connectivity index (χ2v) is 9.94. The predicted molar refractivity (Wildman–Crippen MR) is 86.3 cm³/mol. The molecule has 2 saturated carbocycles. The summed E-state index contributed by atoms with van der Waals surface area (Å²) >= 11 is 0. The molecule has 2 aliphatic carbocycles. The van der Waals surface area contributed by atoms with E-state index in [1.165, 1.54) is 64.0 Å². The number of piperazine rings is 1.